The van der Waals surface area contributed by atoms with Crippen molar-refractivity contribution in [1.82, 2.24) is 0 Å². The van der Waals surface area contributed by atoms with Crippen molar-refractivity contribution in [2.45, 2.75) is 76.8 Å². The second-order valence-electron chi connectivity index (χ2n) is 10.0. The molecule has 0 bridgehead atoms. The molecule has 4 atom stereocenters. The van der Waals surface area contributed by atoms with Crippen molar-refractivity contribution in [3.05, 3.63) is 41.4 Å². The van der Waals surface area contributed by atoms with E-state index in [1.165, 1.54) is 5.54 Å². The first-order valence-corrected chi connectivity index (χ1v) is 14.0. The topological polar surface area (TPSA) is 38.7 Å². The van der Waals surface area contributed by atoms with Gasteiger partial charge in [-0.2, -0.15) is 0 Å². The van der Waals surface area contributed by atoms with E-state index in [0.29, 0.717) is 19.3 Å². The number of benzene rings is 1. The summed E-state index contributed by atoms with van der Waals surface area (Å²) in [6.07, 6.45) is 3.49. The molecular weight excluding hydrogens is 412 g/mol. The predicted molar refractivity (Wildman–Crippen MR) is 128 cm³/mol. The van der Waals surface area contributed by atoms with Crippen LogP contribution in [0.15, 0.2) is 35.9 Å². The third-order valence-corrected chi connectivity index (χ3v) is 11.6. The van der Waals surface area contributed by atoms with Crippen molar-refractivity contribution < 1.29 is 14.3 Å². The number of allylic oxidation sites excluding steroid dienone is 1. The molecule has 0 spiro atoms. The maximum Gasteiger partial charge on any atom is 0.192 e. The first-order valence-electron chi connectivity index (χ1n) is 10.7. The van der Waals surface area contributed by atoms with Gasteiger partial charge in [0.05, 0.1) is 18.8 Å². The molecule has 5 heteroatoms. The lowest BCUT2D eigenvalue weighted by Crippen LogP contribution is -2.45. The molecule has 0 aliphatic heterocycles. The normalized spacial score (nSPS) is 27.2. The van der Waals surface area contributed by atoms with E-state index in [1.807, 2.05) is 24.3 Å². The molecule has 1 aromatic carbocycles. The van der Waals surface area contributed by atoms with Crippen LogP contribution in [-0.4, -0.2) is 32.2 Å². The van der Waals surface area contributed by atoms with Gasteiger partial charge in [-0.3, -0.25) is 0 Å². The fraction of sp³-hybridized carbons (Fsp3) is 0.600. The minimum atomic E-state index is -1.94. The van der Waals surface area contributed by atoms with Gasteiger partial charge in [0.2, 0.25) is 0 Å². The van der Waals surface area contributed by atoms with Crippen molar-refractivity contribution in [2.24, 2.45) is 11.8 Å². The van der Waals surface area contributed by atoms with E-state index >= 15 is 0 Å². The van der Waals surface area contributed by atoms with Crippen LogP contribution in [0.5, 0.6) is 5.75 Å². The summed E-state index contributed by atoms with van der Waals surface area (Å²) in [6, 6.07) is 7.95. The number of hydrogen-bond acceptors (Lipinski definition) is 3. The summed E-state index contributed by atoms with van der Waals surface area (Å²) in [4.78, 5) is 0. The molecule has 1 aromatic rings. The maximum atomic E-state index is 11.8. The van der Waals surface area contributed by atoms with Crippen molar-refractivity contribution in [3.8, 4) is 17.6 Å². The molecule has 0 amide bonds. The number of aliphatic hydroxyl groups is 1. The van der Waals surface area contributed by atoms with Gasteiger partial charge in [-0.15, -0.1) is 0 Å². The quantitative estimate of drug-likeness (QED) is 0.418. The number of hydrogen-bond donors (Lipinski definition) is 1. The Morgan fingerprint density at radius 2 is 1.90 bits per heavy atom. The van der Waals surface area contributed by atoms with Crippen LogP contribution in [0, 0.1) is 23.7 Å². The average molecular weight is 449 g/mol. The molecule has 30 heavy (non-hydrogen) atoms. The van der Waals surface area contributed by atoms with Gasteiger partial charge in [-0.1, -0.05) is 63.3 Å². The van der Waals surface area contributed by atoms with Crippen LogP contribution in [0.1, 0.15) is 46.1 Å². The SMILES string of the molecule is COc1ccc(C[C@@]2(O)C[C@H](O[Si](C)(C)C(C)(C)C)[C@@H](C)[C@@H]2CC#C/C=C\Cl)cc1. The molecule has 3 nitrogen and oxygen atoms in total. The molecule has 0 saturated heterocycles. The van der Waals surface area contributed by atoms with E-state index < -0.39 is 13.9 Å². The molecule has 0 aromatic heterocycles. The lowest BCUT2D eigenvalue weighted by molar-refractivity contribution is -0.00537. The first-order chi connectivity index (χ1) is 13.9. The first kappa shape index (κ1) is 25.0. The smallest absolute Gasteiger partial charge is 0.192 e. The van der Waals surface area contributed by atoms with Gasteiger partial charge in [0.25, 0.3) is 0 Å². The Bertz CT molecular complexity index is 785. The van der Waals surface area contributed by atoms with Gasteiger partial charge >= 0.3 is 0 Å². The molecule has 1 aliphatic rings. The van der Waals surface area contributed by atoms with E-state index in [0.717, 1.165) is 11.3 Å². The standard InChI is InChI=1S/C25H37ClO3Si/c1-19-22(11-9-8-10-16-26)25(27,17-20-12-14-21(28-5)15-13-20)18-23(19)29-30(6,7)24(2,3)4/h10,12-16,19,22-23,27H,11,17-18H2,1-7H3/b16-10-/t19-,22-,23-,25+/m0/s1. The third kappa shape index (κ3) is 5.92. The number of ether oxygens (including phenoxy) is 1. The van der Waals surface area contributed by atoms with Crippen molar-refractivity contribution in [3.63, 3.8) is 0 Å². The summed E-state index contributed by atoms with van der Waals surface area (Å²) >= 11 is 5.59. The van der Waals surface area contributed by atoms with Crippen molar-refractivity contribution >= 4 is 19.9 Å². The molecule has 0 unspecified atom stereocenters. The van der Waals surface area contributed by atoms with Crippen molar-refractivity contribution in [2.75, 3.05) is 7.11 Å². The van der Waals surface area contributed by atoms with E-state index in [-0.39, 0.29) is 23.0 Å². The predicted octanol–water partition coefficient (Wildman–Crippen LogP) is 6.16. The van der Waals surface area contributed by atoms with Gasteiger partial charge in [0.1, 0.15) is 5.75 Å². The highest BCUT2D eigenvalue weighted by atomic mass is 35.5. The van der Waals surface area contributed by atoms with Gasteiger partial charge in [-0.05, 0) is 47.8 Å². The highest BCUT2D eigenvalue weighted by Crippen LogP contribution is 2.48. The van der Waals surface area contributed by atoms with Gasteiger partial charge in [-0.25, -0.2) is 0 Å². The van der Waals surface area contributed by atoms with Crippen LogP contribution in [0.2, 0.25) is 18.1 Å². The van der Waals surface area contributed by atoms with E-state index in [9.17, 15) is 5.11 Å². The molecule has 2 rings (SSSR count). The summed E-state index contributed by atoms with van der Waals surface area (Å²) in [5, 5.41) is 11.9. The highest BCUT2D eigenvalue weighted by Gasteiger charge is 2.53. The fourth-order valence-corrected chi connectivity index (χ4v) is 5.55. The molecular formula is C25H37ClO3Si. The third-order valence-electron chi connectivity index (χ3n) is 6.96. The second kappa shape index (κ2) is 9.91. The average Bonchev–Trinajstić information content (AvgIpc) is 2.88. The van der Waals surface area contributed by atoms with E-state index in [4.69, 9.17) is 20.8 Å². The van der Waals surface area contributed by atoms with E-state index in [2.05, 4.69) is 52.6 Å². The van der Waals surface area contributed by atoms with Crippen molar-refractivity contribution in [1.29, 1.82) is 0 Å². The molecule has 1 N–H and O–H groups in total. The van der Waals surface area contributed by atoms with E-state index in [1.54, 1.807) is 13.2 Å². The number of methoxy groups -OCH3 is 1. The summed E-state index contributed by atoms with van der Waals surface area (Å²) in [5.41, 5.74) is 1.65. The van der Waals surface area contributed by atoms with Gasteiger partial charge in [0.15, 0.2) is 8.32 Å². The van der Waals surface area contributed by atoms with Crippen LogP contribution < -0.4 is 4.74 Å². The van der Waals surface area contributed by atoms with Crippen LogP contribution in [-0.2, 0) is 10.8 Å². The minimum Gasteiger partial charge on any atom is -0.497 e. The molecule has 1 saturated carbocycles. The summed E-state index contributed by atoms with van der Waals surface area (Å²) in [7, 11) is -0.284. The van der Waals surface area contributed by atoms with Gasteiger partial charge in [0, 0.05) is 30.7 Å². The number of rotatable bonds is 6. The molecule has 166 valence electrons. The lowest BCUT2D eigenvalue weighted by atomic mass is 9.80. The van der Waals surface area contributed by atoms with Gasteiger partial charge < -0.3 is 14.3 Å². The summed E-state index contributed by atoms with van der Waals surface area (Å²) < 4.78 is 12.0. The summed E-state index contributed by atoms with van der Waals surface area (Å²) in [5.74, 6) is 7.22. The monoisotopic (exact) mass is 448 g/mol. The largest absolute Gasteiger partial charge is 0.497 e. The highest BCUT2D eigenvalue weighted by molar-refractivity contribution is 6.74. The molecule has 1 fully saturated rings. The minimum absolute atomic E-state index is 0.0320. The van der Waals surface area contributed by atoms with Crippen LogP contribution in [0.4, 0.5) is 0 Å². The van der Waals surface area contributed by atoms with Crippen LogP contribution in [0.25, 0.3) is 0 Å². The Balaban J connectivity index is 2.29. The van der Waals surface area contributed by atoms with Crippen LogP contribution in [0.3, 0.4) is 0 Å². The Labute approximate surface area is 188 Å². The zero-order valence-electron chi connectivity index (χ0n) is 19.5. The molecule has 0 radical (unpaired) electrons. The second-order valence-corrected chi connectivity index (χ2v) is 15.0. The Morgan fingerprint density at radius 1 is 1.27 bits per heavy atom. The summed E-state index contributed by atoms with van der Waals surface area (Å²) in [6.45, 7) is 13.5. The Morgan fingerprint density at radius 3 is 2.43 bits per heavy atom. The zero-order chi connectivity index (χ0) is 22.6. The Hall–Kier alpha value is -1.25. The fourth-order valence-electron chi connectivity index (χ4n) is 4.07. The maximum absolute atomic E-state index is 11.8. The zero-order valence-corrected chi connectivity index (χ0v) is 21.2. The molecule has 1 aliphatic carbocycles. The van der Waals surface area contributed by atoms with Crippen LogP contribution >= 0.6 is 11.6 Å². The molecule has 0 heterocycles. The number of halogens is 1. The lowest BCUT2D eigenvalue weighted by Gasteiger charge is -2.39. The Kier molecular flexibility index (Phi) is 8.27.